The van der Waals surface area contributed by atoms with E-state index in [2.05, 4.69) is 20.4 Å². The van der Waals surface area contributed by atoms with Crippen LogP contribution in [0.4, 0.5) is 16.0 Å². The number of benzene rings is 1. The third-order valence-electron chi connectivity index (χ3n) is 3.92. The molecule has 0 aliphatic carbocycles. The quantitative estimate of drug-likeness (QED) is 0.645. The Morgan fingerprint density at radius 2 is 2.07 bits per heavy atom. The van der Waals surface area contributed by atoms with Gasteiger partial charge in [-0.2, -0.15) is 5.10 Å². The van der Waals surface area contributed by atoms with E-state index < -0.39 is 11.4 Å². The second kappa shape index (κ2) is 7.93. The first-order valence-electron chi connectivity index (χ1n) is 9.03. The summed E-state index contributed by atoms with van der Waals surface area (Å²) in [5, 5.41) is 17.2. The zero-order valence-electron chi connectivity index (χ0n) is 16.4. The molecule has 0 amide bonds. The summed E-state index contributed by atoms with van der Waals surface area (Å²) >= 11 is 0. The van der Waals surface area contributed by atoms with Crippen molar-refractivity contribution < 1.29 is 14.2 Å². The zero-order chi connectivity index (χ0) is 20.3. The lowest BCUT2D eigenvalue weighted by molar-refractivity contribution is 0.0578. The van der Waals surface area contributed by atoms with Crippen LogP contribution < -0.4 is 10.1 Å². The van der Waals surface area contributed by atoms with Gasteiger partial charge in [-0.1, -0.05) is 0 Å². The number of aromatic nitrogens is 4. The second-order valence-electron chi connectivity index (χ2n) is 7.17. The third-order valence-corrected chi connectivity index (χ3v) is 3.92. The molecular formula is C20H24FN5O2. The van der Waals surface area contributed by atoms with Crippen LogP contribution in [0.15, 0.2) is 36.8 Å². The van der Waals surface area contributed by atoms with E-state index in [-0.39, 0.29) is 5.75 Å². The first-order chi connectivity index (χ1) is 13.2. The van der Waals surface area contributed by atoms with E-state index in [1.54, 1.807) is 49.3 Å². The van der Waals surface area contributed by atoms with Crippen LogP contribution in [0.5, 0.6) is 5.75 Å². The smallest absolute Gasteiger partial charge is 0.227 e. The standard InChI is InChI=1S/C20H24FN5O2/c1-5-28-17-7-6-14(8-16(17)21)18-13(2)9-22-19(25-18)24-15-10-23-26(11-15)12-20(3,4)27/h6-11,27H,5,12H2,1-4H3,(H,22,24,25). The van der Waals surface area contributed by atoms with E-state index in [1.807, 2.05) is 13.8 Å². The number of hydrogen-bond donors (Lipinski definition) is 2. The van der Waals surface area contributed by atoms with Gasteiger partial charge in [-0.3, -0.25) is 4.68 Å². The van der Waals surface area contributed by atoms with E-state index in [4.69, 9.17) is 4.74 Å². The lowest BCUT2D eigenvalue weighted by Crippen LogP contribution is -2.26. The Morgan fingerprint density at radius 3 is 2.75 bits per heavy atom. The van der Waals surface area contributed by atoms with Crippen molar-refractivity contribution in [1.82, 2.24) is 19.7 Å². The number of aliphatic hydroxyl groups is 1. The van der Waals surface area contributed by atoms with Gasteiger partial charge in [-0.05, 0) is 51.5 Å². The summed E-state index contributed by atoms with van der Waals surface area (Å²) in [4.78, 5) is 8.81. The monoisotopic (exact) mass is 385 g/mol. The van der Waals surface area contributed by atoms with Gasteiger partial charge in [0.15, 0.2) is 11.6 Å². The van der Waals surface area contributed by atoms with Crippen molar-refractivity contribution in [1.29, 1.82) is 0 Å². The van der Waals surface area contributed by atoms with E-state index in [0.717, 1.165) is 5.56 Å². The zero-order valence-corrected chi connectivity index (χ0v) is 16.4. The van der Waals surface area contributed by atoms with Gasteiger partial charge in [-0.15, -0.1) is 0 Å². The van der Waals surface area contributed by atoms with Crippen LogP contribution in [0.3, 0.4) is 0 Å². The molecule has 2 aromatic heterocycles. The average molecular weight is 385 g/mol. The number of nitrogens with zero attached hydrogens (tertiary/aromatic N) is 4. The second-order valence-corrected chi connectivity index (χ2v) is 7.17. The summed E-state index contributed by atoms with van der Waals surface area (Å²) in [6.45, 7) is 7.87. The van der Waals surface area contributed by atoms with Gasteiger partial charge in [0, 0.05) is 18.0 Å². The highest BCUT2D eigenvalue weighted by Gasteiger charge is 2.15. The molecule has 0 radical (unpaired) electrons. The summed E-state index contributed by atoms with van der Waals surface area (Å²) in [6.07, 6.45) is 5.07. The van der Waals surface area contributed by atoms with E-state index in [1.165, 1.54) is 6.07 Å². The van der Waals surface area contributed by atoms with Gasteiger partial charge in [0.25, 0.3) is 0 Å². The predicted molar refractivity (Wildman–Crippen MR) is 105 cm³/mol. The summed E-state index contributed by atoms with van der Waals surface area (Å²) < 4.78 is 21.1. The molecule has 8 heteroatoms. The first kappa shape index (κ1) is 19.8. The Hall–Kier alpha value is -3.00. The fourth-order valence-corrected chi connectivity index (χ4v) is 2.76. The van der Waals surface area contributed by atoms with Gasteiger partial charge in [0.2, 0.25) is 5.95 Å². The highest BCUT2D eigenvalue weighted by atomic mass is 19.1. The Kier molecular flexibility index (Phi) is 5.60. The Labute approximate surface area is 163 Å². The van der Waals surface area contributed by atoms with Crippen molar-refractivity contribution in [2.75, 3.05) is 11.9 Å². The van der Waals surface area contributed by atoms with Crippen molar-refractivity contribution in [3.63, 3.8) is 0 Å². The Bertz CT molecular complexity index is 965. The average Bonchev–Trinajstić information content (AvgIpc) is 3.03. The number of nitrogens with one attached hydrogen (secondary N) is 1. The molecular weight excluding hydrogens is 361 g/mol. The normalized spacial score (nSPS) is 11.5. The molecule has 7 nitrogen and oxygen atoms in total. The summed E-state index contributed by atoms with van der Waals surface area (Å²) in [5.74, 6) is 0.160. The summed E-state index contributed by atoms with van der Waals surface area (Å²) in [6, 6.07) is 4.78. The lowest BCUT2D eigenvalue weighted by Gasteiger charge is -2.16. The molecule has 1 aromatic carbocycles. The number of rotatable bonds is 7. The third kappa shape index (κ3) is 4.83. The minimum atomic E-state index is -0.867. The number of hydrogen-bond acceptors (Lipinski definition) is 6. The fraction of sp³-hybridized carbons (Fsp3) is 0.350. The molecule has 2 N–H and O–H groups in total. The lowest BCUT2D eigenvalue weighted by atomic mass is 10.1. The van der Waals surface area contributed by atoms with E-state index in [9.17, 15) is 9.50 Å². The van der Waals surface area contributed by atoms with Crippen molar-refractivity contribution >= 4 is 11.6 Å². The highest BCUT2D eigenvalue weighted by molar-refractivity contribution is 5.65. The maximum Gasteiger partial charge on any atom is 0.227 e. The Balaban J connectivity index is 1.83. The van der Waals surface area contributed by atoms with E-state index in [0.29, 0.717) is 36.0 Å². The maximum absolute atomic E-state index is 14.2. The van der Waals surface area contributed by atoms with Crippen LogP contribution in [-0.2, 0) is 6.54 Å². The van der Waals surface area contributed by atoms with Crippen LogP contribution in [0.2, 0.25) is 0 Å². The molecule has 0 fully saturated rings. The van der Waals surface area contributed by atoms with Gasteiger partial charge < -0.3 is 15.2 Å². The van der Waals surface area contributed by atoms with Crippen molar-refractivity contribution in [2.24, 2.45) is 0 Å². The molecule has 0 spiro atoms. The fourth-order valence-electron chi connectivity index (χ4n) is 2.76. The van der Waals surface area contributed by atoms with Gasteiger partial charge in [0.05, 0.1) is 36.3 Å². The molecule has 0 bridgehead atoms. The minimum Gasteiger partial charge on any atom is -0.491 e. The predicted octanol–water partition coefficient (Wildman–Crippen LogP) is 3.70. The molecule has 3 rings (SSSR count). The van der Waals surface area contributed by atoms with Gasteiger partial charge in [-0.25, -0.2) is 14.4 Å². The highest BCUT2D eigenvalue weighted by Crippen LogP contribution is 2.27. The van der Waals surface area contributed by atoms with Crippen LogP contribution >= 0.6 is 0 Å². The minimum absolute atomic E-state index is 0.218. The van der Waals surface area contributed by atoms with Gasteiger partial charge in [0.1, 0.15) is 0 Å². The SMILES string of the molecule is CCOc1ccc(-c2nc(Nc3cnn(CC(C)(C)O)c3)ncc2C)cc1F. The van der Waals surface area contributed by atoms with Crippen molar-refractivity contribution in [2.45, 2.75) is 39.8 Å². The van der Waals surface area contributed by atoms with Crippen molar-refractivity contribution in [3.05, 3.63) is 48.2 Å². The number of ether oxygens (including phenoxy) is 1. The Morgan fingerprint density at radius 1 is 1.29 bits per heavy atom. The molecule has 28 heavy (non-hydrogen) atoms. The molecule has 0 unspecified atom stereocenters. The van der Waals surface area contributed by atoms with Gasteiger partial charge >= 0.3 is 0 Å². The molecule has 2 heterocycles. The maximum atomic E-state index is 14.2. The molecule has 0 saturated heterocycles. The van der Waals surface area contributed by atoms with Crippen LogP contribution in [0.25, 0.3) is 11.3 Å². The number of halogens is 1. The molecule has 0 atom stereocenters. The van der Waals surface area contributed by atoms with Crippen LogP contribution in [0.1, 0.15) is 26.3 Å². The summed E-state index contributed by atoms with van der Waals surface area (Å²) in [5.41, 5.74) is 1.92. The largest absolute Gasteiger partial charge is 0.491 e. The molecule has 3 aromatic rings. The molecule has 0 aliphatic rings. The van der Waals surface area contributed by atoms with Crippen molar-refractivity contribution in [3.8, 4) is 17.0 Å². The number of anilines is 2. The number of aryl methyl sites for hydroxylation is 1. The molecule has 0 saturated carbocycles. The van der Waals surface area contributed by atoms with Crippen LogP contribution in [0, 0.1) is 12.7 Å². The summed E-state index contributed by atoms with van der Waals surface area (Å²) in [7, 11) is 0. The molecule has 148 valence electrons. The van der Waals surface area contributed by atoms with E-state index >= 15 is 0 Å². The van der Waals surface area contributed by atoms with Crippen LogP contribution in [-0.4, -0.2) is 37.1 Å². The molecule has 0 aliphatic heterocycles. The topological polar surface area (TPSA) is 85.1 Å². The first-order valence-corrected chi connectivity index (χ1v) is 9.03.